The Morgan fingerprint density at radius 3 is 2.92 bits per heavy atom. The third kappa shape index (κ3) is 3.59. The number of rotatable bonds is 4. The van der Waals surface area contributed by atoms with E-state index in [1.807, 2.05) is 12.4 Å². The number of piperidine rings is 2. The molecule has 0 aromatic carbocycles. The van der Waals surface area contributed by atoms with Crippen LogP contribution in [0.2, 0.25) is 0 Å². The normalized spacial score (nSPS) is 23.7. The van der Waals surface area contributed by atoms with Crippen molar-refractivity contribution in [3.63, 3.8) is 0 Å². The number of aryl methyl sites for hydroxylation is 1. The molecule has 138 valence electrons. The summed E-state index contributed by atoms with van der Waals surface area (Å²) >= 11 is 0. The number of hydrogen-bond donors (Lipinski definition) is 1. The fourth-order valence-corrected chi connectivity index (χ4v) is 4.37. The highest BCUT2D eigenvalue weighted by Gasteiger charge is 2.41. The molecule has 4 rings (SSSR count). The van der Waals surface area contributed by atoms with Crippen LogP contribution in [0.15, 0.2) is 30.9 Å². The molecule has 4 heterocycles. The molecule has 26 heavy (non-hydrogen) atoms. The van der Waals surface area contributed by atoms with Crippen molar-refractivity contribution in [2.45, 2.75) is 39.0 Å². The van der Waals surface area contributed by atoms with Crippen LogP contribution in [0.1, 0.15) is 36.9 Å². The molecular formula is C20H27N5O. The summed E-state index contributed by atoms with van der Waals surface area (Å²) < 4.78 is 0. The molecular weight excluding hydrogens is 326 g/mol. The van der Waals surface area contributed by atoms with E-state index in [-0.39, 0.29) is 5.41 Å². The number of nitrogens with one attached hydrogen (secondary N) is 1. The average molecular weight is 353 g/mol. The highest BCUT2D eigenvalue weighted by atomic mass is 16.2. The van der Waals surface area contributed by atoms with Gasteiger partial charge in [0.05, 0.1) is 6.33 Å². The number of aromatic nitrogens is 3. The summed E-state index contributed by atoms with van der Waals surface area (Å²) in [6.07, 6.45) is 10.3. The second-order valence-corrected chi connectivity index (χ2v) is 7.86. The quantitative estimate of drug-likeness (QED) is 0.917. The van der Waals surface area contributed by atoms with Gasteiger partial charge in [-0.15, -0.1) is 0 Å². The number of nitrogens with zero attached hydrogens (tertiary/aromatic N) is 4. The van der Waals surface area contributed by atoms with Crippen molar-refractivity contribution in [3.05, 3.63) is 42.1 Å². The van der Waals surface area contributed by atoms with Crippen molar-refractivity contribution in [3.8, 4) is 0 Å². The first-order valence-electron chi connectivity index (χ1n) is 9.56. The van der Waals surface area contributed by atoms with Gasteiger partial charge in [0.1, 0.15) is 5.82 Å². The molecule has 2 aliphatic heterocycles. The summed E-state index contributed by atoms with van der Waals surface area (Å²) in [4.78, 5) is 28.7. The van der Waals surface area contributed by atoms with E-state index in [0.29, 0.717) is 12.3 Å². The standard InChI is InChI=1S/C20H27N5O/c1-16-3-4-18(22-11-16)24-9-2-7-20(13-24)8-5-19(26)25(14-20)10-6-17-12-21-15-23-17/h3-4,11-12,15H,2,5-10,13-14H2,1H3,(H,21,23)/t20-/m1/s1. The van der Waals surface area contributed by atoms with Gasteiger partial charge in [-0.2, -0.15) is 0 Å². The van der Waals surface area contributed by atoms with E-state index in [0.717, 1.165) is 57.0 Å². The number of imidazole rings is 1. The molecule has 0 saturated carbocycles. The van der Waals surface area contributed by atoms with Crippen LogP contribution in [0.4, 0.5) is 5.82 Å². The average Bonchev–Trinajstić information content (AvgIpc) is 3.17. The zero-order valence-corrected chi connectivity index (χ0v) is 15.4. The van der Waals surface area contributed by atoms with Gasteiger partial charge in [0.25, 0.3) is 0 Å². The van der Waals surface area contributed by atoms with Crippen molar-refractivity contribution in [1.82, 2.24) is 19.9 Å². The van der Waals surface area contributed by atoms with E-state index in [2.05, 4.69) is 43.8 Å². The Kier molecular flexibility index (Phi) is 4.66. The Morgan fingerprint density at radius 2 is 2.15 bits per heavy atom. The third-order valence-corrected chi connectivity index (χ3v) is 5.84. The lowest BCUT2D eigenvalue weighted by Gasteiger charge is -2.48. The minimum absolute atomic E-state index is 0.201. The van der Waals surface area contributed by atoms with Crippen LogP contribution in [0.3, 0.4) is 0 Å². The predicted octanol–water partition coefficient (Wildman–Crippen LogP) is 2.56. The SMILES string of the molecule is Cc1ccc(N2CCC[C@@]3(CCC(=O)N(CCc4cnc[nH]4)C3)C2)nc1. The van der Waals surface area contributed by atoms with Crippen molar-refractivity contribution >= 4 is 11.7 Å². The summed E-state index contributed by atoms with van der Waals surface area (Å²) in [5.41, 5.74) is 2.48. The number of carbonyl (C=O) groups excluding carboxylic acids is 1. The predicted molar refractivity (Wildman–Crippen MR) is 101 cm³/mol. The number of aromatic amines is 1. The van der Waals surface area contributed by atoms with Crippen LogP contribution in [0.5, 0.6) is 0 Å². The van der Waals surface area contributed by atoms with Crippen LogP contribution in [0.25, 0.3) is 0 Å². The van der Waals surface area contributed by atoms with E-state index in [9.17, 15) is 4.79 Å². The van der Waals surface area contributed by atoms with Crippen molar-refractivity contribution in [2.24, 2.45) is 5.41 Å². The van der Waals surface area contributed by atoms with Gasteiger partial charge < -0.3 is 14.8 Å². The molecule has 1 amide bonds. The maximum absolute atomic E-state index is 12.4. The Balaban J connectivity index is 1.44. The second kappa shape index (κ2) is 7.09. The van der Waals surface area contributed by atoms with Crippen molar-refractivity contribution in [1.29, 1.82) is 0 Å². The van der Waals surface area contributed by atoms with Gasteiger partial charge in [0.2, 0.25) is 5.91 Å². The smallest absolute Gasteiger partial charge is 0.222 e. The fraction of sp³-hybridized carbons (Fsp3) is 0.550. The van der Waals surface area contributed by atoms with Gasteiger partial charge >= 0.3 is 0 Å². The van der Waals surface area contributed by atoms with E-state index >= 15 is 0 Å². The molecule has 2 saturated heterocycles. The highest BCUT2D eigenvalue weighted by molar-refractivity contribution is 5.77. The number of anilines is 1. The first kappa shape index (κ1) is 17.1. The number of pyridine rings is 1. The molecule has 0 bridgehead atoms. The van der Waals surface area contributed by atoms with Gasteiger partial charge in [-0.05, 0) is 37.8 Å². The lowest BCUT2D eigenvalue weighted by molar-refractivity contribution is -0.137. The minimum Gasteiger partial charge on any atom is -0.356 e. The fourth-order valence-electron chi connectivity index (χ4n) is 4.37. The first-order chi connectivity index (χ1) is 12.6. The molecule has 1 atom stereocenters. The number of amides is 1. The highest BCUT2D eigenvalue weighted by Crippen LogP contribution is 2.39. The molecule has 1 N–H and O–H groups in total. The number of likely N-dealkylation sites (tertiary alicyclic amines) is 1. The minimum atomic E-state index is 0.201. The first-order valence-corrected chi connectivity index (χ1v) is 9.56. The maximum Gasteiger partial charge on any atom is 0.222 e. The second-order valence-electron chi connectivity index (χ2n) is 7.86. The van der Waals surface area contributed by atoms with E-state index in [4.69, 9.17) is 0 Å². The van der Waals surface area contributed by atoms with Gasteiger partial charge in [-0.25, -0.2) is 9.97 Å². The Morgan fingerprint density at radius 1 is 1.23 bits per heavy atom. The number of carbonyl (C=O) groups is 1. The molecule has 2 fully saturated rings. The molecule has 0 unspecified atom stereocenters. The Hall–Kier alpha value is -2.37. The summed E-state index contributed by atoms with van der Waals surface area (Å²) in [6, 6.07) is 4.25. The molecule has 6 heteroatoms. The van der Waals surface area contributed by atoms with Crippen LogP contribution >= 0.6 is 0 Å². The molecule has 6 nitrogen and oxygen atoms in total. The van der Waals surface area contributed by atoms with Crippen LogP contribution in [0, 0.1) is 12.3 Å². The maximum atomic E-state index is 12.4. The monoisotopic (exact) mass is 353 g/mol. The number of hydrogen-bond acceptors (Lipinski definition) is 4. The Labute approximate surface area is 154 Å². The summed E-state index contributed by atoms with van der Waals surface area (Å²) in [5.74, 6) is 1.36. The van der Waals surface area contributed by atoms with Gasteiger partial charge in [0, 0.05) is 62.5 Å². The molecule has 2 aromatic heterocycles. The zero-order chi connectivity index (χ0) is 18.0. The largest absolute Gasteiger partial charge is 0.356 e. The lowest BCUT2D eigenvalue weighted by atomic mass is 9.73. The topological polar surface area (TPSA) is 65.1 Å². The van der Waals surface area contributed by atoms with E-state index in [1.165, 1.54) is 12.0 Å². The van der Waals surface area contributed by atoms with Gasteiger partial charge in [-0.3, -0.25) is 4.79 Å². The summed E-state index contributed by atoms with van der Waals surface area (Å²) in [5, 5.41) is 0. The summed E-state index contributed by atoms with van der Waals surface area (Å²) in [7, 11) is 0. The van der Waals surface area contributed by atoms with Crippen LogP contribution in [-0.4, -0.2) is 51.9 Å². The van der Waals surface area contributed by atoms with Crippen molar-refractivity contribution in [2.75, 3.05) is 31.1 Å². The van der Waals surface area contributed by atoms with E-state index in [1.54, 1.807) is 6.33 Å². The lowest BCUT2D eigenvalue weighted by Crippen LogP contribution is -2.54. The van der Waals surface area contributed by atoms with Crippen LogP contribution in [-0.2, 0) is 11.2 Å². The number of H-pyrrole nitrogens is 1. The van der Waals surface area contributed by atoms with E-state index < -0.39 is 0 Å². The molecule has 2 aliphatic rings. The van der Waals surface area contributed by atoms with Crippen LogP contribution < -0.4 is 4.90 Å². The molecule has 0 aliphatic carbocycles. The Bertz CT molecular complexity index is 742. The van der Waals surface area contributed by atoms with Crippen molar-refractivity contribution < 1.29 is 4.79 Å². The molecule has 0 radical (unpaired) electrons. The molecule has 2 aromatic rings. The summed E-state index contributed by atoms with van der Waals surface area (Å²) in [6.45, 7) is 5.75. The third-order valence-electron chi connectivity index (χ3n) is 5.84. The van der Waals surface area contributed by atoms with Gasteiger partial charge in [0.15, 0.2) is 0 Å². The van der Waals surface area contributed by atoms with Gasteiger partial charge in [-0.1, -0.05) is 6.07 Å². The molecule has 1 spiro atoms. The zero-order valence-electron chi connectivity index (χ0n) is 15.4.